The van der Waals surface area contributed by atoms with Crippen molar-refractivity contribution >= 4 is 40.4 Å². The van der Waals surface area contributed by atoms with Gasteiger partial charge < -0.3 is 20.1 Å². The molecule has 41 heavy (non-hydrogen) atoms. The largest absolute Gasteiger partial charge is 0.490 e. The number of fused-ring (bicyclic) bond motifs is 1. The van der Waals surface area contributed by atoms with Gasteiger partial charge in [0.15, 0.2) is 17.3 Å². The maximum absolute atomic E-state index is 13.9. The maximum atomic E-state index is 13.9. The molecule has 2 atom stereocenters. The van der Waals surface area contributed by atoms with Gasteiger partial charge in [0.25, 0.3) is 0 Å². The fourth-order valence-electron chi connectivity index (χ4n) is 5.55. The summed E-state index contributed by atoms with van der Waals surface area (Å²) in [6.07, 6.45) is 1.15. The molecule has 2 aliphatic rings. The average Bonchev–Trinajstić information content (AvgIpc) is 3.15. The molecule has 0 aromatic heterocycles. The van der Waals surface area contributed by atoms with E-state index >= 15 is 0 Å². The van der Waals surface area contributed by atoms with E-state index in [-0.39, 0.29) is 17.7 Å². The van der Waals surface area contributed by atoms with Crippen molar-refractivity contribution in [2.75, 3.05) is 17.2 Å². The fourth-order valence-corrected chi connectivity index (χ4v) is 5.80. The number of rotatable bonds is 7. The van der Waals surface area contributed by atoms with Crippen molar-refractivity contribution in [2.45, 2.75) is 38.3 Å². The lowest BCUT2D eigenvalue weighted by molar-refractivity contribution is -0.116. The zero-order chi connectivity index (χ0) is 28.3. The van der Waals surface area contributed by atoms with Crippen LogP contribution in [0.1, 0.15) is 48.4 Å². The molecule has 0 fully saturated rings. The number of carbonyl (C=O) groups excluding carboxylic acids is 1. The summed E-state index contributed by atoms with van der Waals surface area (Å²) >= 11 is 12.2. The van der Waals surface area contributed by atoms with Crippen molar-refractivity contribution in [1.82, 2.24) is 0 Å². The van der Waals surface area contributed by atoms with E-state index in [4.69, 9.17) is 32.7 Å². The second kappa shape index (κ2) is 11.9. The number of allylic oxidation sites excluding steroid dienone is 1. The van der Waals surface area contributed by atoms with Crippen molar-refractivity contribution in [3.05, 3.63) is 129 Å². The first-order chi connectivity index (χ1) is 20.0. The summed E-state index contributed by atoms with van der Waals surface area (Å²) in [5.41, 5.74) is 6.61. The van der Waals surface area contributed by atoms with Crippen LogP contribution in [0.5, 0.6) is 11.5 Å². The van der Waals surface area contributed by atoms with Gasteiger partial charge in [0.05, 0.1) is 24.0 Å². The standard InChI is InChI=1S/C34H30Cl2N2O3/c1-2-40-32-19-23(11-16-31(32)41-20-21-7-12-25(35)13-8-21)34-33-29(37-27-5-3-4-6-28(27)38-34)17-24(18-30(33)39)22-9-14-26(36)15-10-22/h3-16,19,24,34,37-38H,2,17-18,20H2,1H3/t24-,34-/m0/s1. The van der Waals surface area contributed by atoms with Gasteiger partial charge in [-0.25, -0.2) is 0 Å². The highest BCUT2D eigenvalue weighted by Gasteiger charge is 2.36. The Morgan fingerprint density at radius 3 is 2.20 bits per heavy atom. The van der Waals surface area contributed by atoms with Crippen molar-refractivity contribution in [2.24, 2.45) is 0 Å². The maximum Gasteiger partial charge on any atom is 0.163 e. The SMILES string of the molecule is CCOc1cc([C@@H]2Nc3ccccc3NC3=C2C(=O)C[C@@H](c2ccc(Cl)cc2)C3)ccc1OCc1ccc(Cl)cc1. The highest BCUT2D eigenvalue weighted by atomic mass is 35.5. The number of benzene rings is 4. The van der Waals surface area contributed by atoms with Gasteiger partial charge in [-0.05, 0) is 84.5 Å². The van der Waals surface area contributed by atoms with E-state index < -0.39 is 0 Å². The summed E-state index contributed by atoms with van der Waals surface area (Å²) in [6.45, 7) is 2.82. The van der Waals surface area contributed by atoms with Crippen LogP contribution in [0.3, 0.4) is 0 Å². The Morgan fingerprint density at radius 2 is 1.46 bits per heavy atom. The minimum absolute atomic E-state index is 0.0690. The highest BCUT2D eigenvalue weighted by molar-refractivity contribution is 6.30. The van der Waals surface area contributed by atoms with Gasteiger partial charge in [-0.1, -0.05) is 65.7 Å². The van der Waals surface area contributed by atoms with Gasteiger partial charge in [-0.3, -0.25) is 4.79 Å². The minimum atomic E-state index is -0.357. The topological polar surface area (TPSA) is 59.6 Å². The summed E-state index contributed by atoms with van der Waals surface area (Å²) in [5.74, 6) is 1.46. The predicted octanol–water partition coefficient (Wildman–Crippen LogP) is 8.95. The third-order valence-corrected chi connectivity index (χ3v) is 8.06. The number of hydrogen-bond acceptors (Lipinski definition) is 5. The third-order valence-electron chi connectivity index (χ3n) is 7.56. The number of halogens is 2. The molecule has 1 aliphatic carbocycles. The predicted molar refractivity (Wildman–Crippen MR) is 165 cm³/mol. The van der Waals surface area contributed by atoms with Gasteiger partial charge in [-0.2, -0.15) is 0 Å². The molecule has 2 N–H and O–H groups in total. The number of hydrogen-bond donors (Lipinski definition) is 2. The Hall–Kier alpha value is -3.93. The summed E-state index contributed by atoms with van der Waals surface area (Å²) < 4.78 is 12.2. The molecule has 6 rings (SSSR count). The third kappa shape index (κ3) is 5.92. The van der Waals surface area contributed by atoms with E-state index in [1.807, 2.05) is 97.9 Å². The summed E-state index contributed by atoms with van der Waals surface area (Å²) in [6, 6.07) is 29.0. The van der Waals surface area contributed by atoms with Crippen LogP contribution in [0.4, 0.5) is 11.4 Å². The van der Waals surface area contributed by atoms with Crippen molar-refractivity contribution in [3.8, 4) is 11.5 Å². The molecule has 0 saturated heterocycles. The van der Waals surface area contributed by atoms with E-state index in [1.54, 1.807) is 0 Å². The molecule has 5 nitrogen and oxygen atoms in total. The molecule has 0 radical (unpaired) electrons. The number of Topliss-reactive ketones (excluding diaryl/α,β-unsaturated/α-hetero) is 1. The van der Waals surface area contributed by atoms with Crippen LogP contribution in [0, 0.1) is 0 Å². The lowest BCUT2D eigenvalue weighted by Gasteiger charge is -2.30. The Bertz CT molecular complexity index is 1600. The van der Waals surface area contributed by atoms with Crippen molar-refractivity contribution in [3.63, 3.8) is 0 Å². The fraction of sp³-hybridized carbons (Fsp3) is 0.206. The molecule has 0 spiro atoms. The molecule has 0 unspecified atom stereocenters. The zero-order valence-electron chi connectivity index (χ0n) is 22.6. The van der Waals surface area contributed by atoms with Crippen LogP contribution < -0.4 is 20.1 Å². The van der Waals surface area contributed by atoms with Crippen LogP contribution in [0.2, 0.25) is 10.0 Å². The van der Waals surface area contributed by atoms with E-state index in [0.717, 1.165) is 45.8 Å². The minimum Gasteiger partial charge on any atom is -0.490 e. The lowest BCUT2D eigenvalue weighted by Crippen LogP contribution is -2.27. The van der Waals surface area contributed by atoms with Gasteiger partial charge >= 0.3 is 0 Å². The van der Waals surface area contributed by atoms with Gasteiger partial charge in [-0.15, -0.1) is 0 Å². The summed E-state index contributed by atoms with van der Waals surface area (Å²) in [5, 5.41) is 8.63. The molecule has 0 bridgehead atoms. The van der Waals surface area contributed by atoms with E-state index in [0.29, 0.717) is 41.2 Å². The van der Waals surface area contributed by atoms with Gasteiger partial charge in [0.2, 0.25) is 0 Å². The van der Waals surface area contributed by atoms with Gasteiger partial charge in [0, 0.05) is 27.7 Å². The number of carbonyl (C=O) groups is 1. The quantitative estimate of drug-likeness (QED) is 0.227. The molecule has 1 aliphatic heterocycles. The molecule has 208 valence electrons. The number of ether oxygens (including phenoxy) is 2. The normalized spacial score (nSPS) is 18.0. The molecular formula is C34H30Cl2N2O3. The monoisotopic (exact) mass is 584 g/mol. The van der Waals surface area contributed by atoms with Crippen LogP contribution in [-0.2, 0) is 11.4 Å². The van der Waals surface area contributed by atoms with Crippen molar-refractivity contribution < 1.29 is 14.3 Å². The van der Waals surface area contributed by atoms with Crippen LogP contribution >= 0.6 is 23.2 Å². The van der Waals surface area contributed by atoms with Crippen LogP contribution in [-0.4, -0.2) is 12.4 Å². The average molecular weight is 586 g/mol. The van der Waals surface area contributed by atoms with Gasteiger partial charge in [0.1, 0.15) is 6.61 Å². The zero-order valence-corrected chi connectivity index (χ0v) is 24.1. The Kier molecular flexibility index (Phi) is 7.91. The number of ketones is 1. The lowest BCUT2D eigenvalue weighted by atomic mass is 9.78. The number of nitrogens with one attached hydrogen (secondary N) is 2. The number of anilines is 2. The van der Waals surface area contributed by atoms with E-state index in [2.05, 4.69) is 10.6 Å². The molecule has 4 aromatic rings. The second-order valence-electron chi connectivity index (χ2n) is 10.3. The second-order valence-corrected chi connectivity index (χ2v) is 11.1. The molecular weight excluding hydrogens is 555 g/mol. The molecule has 1 heterocycles. The first-order valence-electron chi connectivity index (χ1n) is 13.8. The van der Waals surface area contributed by atoms with Crippen LogP contribution in [0.15, 0.2) is 102 Å². The Balaban J connectivity index is 1.36. The number of para-hydroxylation sites is 2. The molecule has 0 amide bonds. The first-order valence-corrected chi connectivity index (χ1v) is 14.5. The van der Waals surface area contributed by atoms with Crippen LogP contribution in [0.25, 0.3) is 0 Å². The summed E-state index contributed by atoms with van der Waals surface area (Å²) in [7, 11) is 0. The van der Waals surface area contributed by atoms with E-state index in [9.17, 15) is 4.79 Å². The molecule has 0 saturated carbocycles. The van der Waals surface area contributed by atoms with E-state index in [1.165, 1.54) is 0 Å². The summed E-state index contributed by atoms with van der Waals surface area (Å²) in [4.78, 5) is 13.9. The molecule has 7 heteroatoms. The Morgan fingerprint density at radius 1 is 0.780 bits per heavy atom. The van der Waals surface area contributed by atoms with Crippen molar-refractivity contribution in [1.29, 1.82) is 0 Å². The molecule has 4 aromatic carbocycles. The smallest absolute Gasteiger partial charge is 0.163 e. The highest BCUT2D eigenvalue weighted by Crippen LogP contribution is 2.45. The Labute approximate surface area is 250 Å². The first kappa shape index (κ1) is 27.3.